The predicted octanol–water partition coefficient (Wildman–Crippen LogP) is 5.87. The number of nitriles is 1. The summed E-state index contributed by atoms with van der Waals surface area (Å²) in [5.74, 6) is -0.347. The number of unbranched alkanes of at least 4 members (excludes halogenated alkanes) is 2. The first-order chi connectivity index (χ1) is 10.6. The second-order valence-corrected chi connectivity index (χ2v) is 7.54. The summed E-state index contributed by atoms with van der Waals surface area (Å²) in [6.45, 7) is 2.27. The highest BCUT2D eigenvalue weighted by Crippen LogP contribution is 2.59. The number of halogens is 1. The molecule has 0 heterocycles. The molecule has 0 N–H and O–H groups in total. The molecule has 1 aromatic carbocycles. The van der Waals surface area contributed by atoms with Crippen molar-refractivity contribution in [1.29, 1.82) is 5.26 Å². The summed E-state index contributed by atoms with van der Waals surface area (Å²) >= 11 is 0. The Balaban J connectivity index is 1.74. The molecule has 0 atom stereocenters. The van der Waals surface area contributed by atoms with Crippen molar-refractivity contribution in [2.45, 2.75) is 76.5 Å². The Morgan fingerprint density at radius 3 is 2.32 bits per heavy atom. The molecule has 0 radical (unpaired) electrons. The molecule has 1 nitrogen and oxygen atoms in total. The van der Waals surface area contributed by atoms with Gasteiger partial charge in [-0.3, -0.25) is 0 Å². The molecule has 0 aromatic heterocycles. The number of fused-ring (bicyclic) bond motifs is 3. The van der Waals surface area contributed by atoms with Gasteiger partial charge in [0.15, 0.2) is 0 Å². The first-order valence-corrected chi connectivity index (χ1v) is 8.83. The molecule has 0 saturated heterocycles. The molecule has 1 aromatic rings. The molecular weight excluding hydrogens is 273 g/mol. The van der Waals surface area contributed by atoms with Crippen LogP contribution in [0.15, 0.2) is 18.2 Å². The summed E-state index contributed by atoms with van der Waals surface area (Å²) in [5.41, 5.74) is 2.06. The minimum absolute atomic E-state index is 0.167. The molecule has 0 aliphatic heterocycles. The summed E-state index contributed by atoms with van der Waals surface area (Å²) in [5, 5.41) is 8.90. The van der Waals surface area contributed by atoms with E-state index in [0.717, 1.165) is 5.56 Å². The summed E-state index contributed by atoms with van der Waals surface area (Å²) in [7, 11) is 0. The summed E-state index contributed by atoms with van der Waals surface area (Å²) < 4.78 is 14.0. The lowest BCUT2D eigenvalue weighted by molar-refractivity contribution is 0.0304. The van der Waals surface area contributed by atoms with E-state index in [2.05, 4.69) is 6.92 Å². The van der Waals surface area contributed by atoms with Crippen LogP contribution >= 0.6 is 0 Å². The van der Waals surface area contributed by atoms with Crippen LogP contribution in [0.2, 0.25) is 0 Å². The zero-order chi connectivity index (χ0) is 15.6. The van der Waals surface area contributed by atoms with E-state index in [4.69, 9.17) is 5.26 Å². The molecule has 3 fully saturated rings. The maximum absolute atomic E-state index is 14.0. The van der Waals surface area contributed by atoms with Crippen molar-refractivity contribution in [3.05, 3.63) is 35.1 Å². The minimum atomic E-state index is -0.347. The lowest BCUT2D eigenvalue weighted by atomic mass is 9.51. The average molecular weight is 299 g/mol. The van der Waals surface area contributed by atoms with Crippen LogP contribution in [0.3, 0.4) is 0 Å². The standard InChI is InChI=1S/C20H26FN/c1-2-3-4-7-19-8-11-20(12-9-19,13-10-19)17-6-5-16(15-22)18(21)14-17/h5-6,14H,2-4,7-13H2,1H3. The third-order valence-corrected chi connectivity index (χ3v) is 6.41. The van der Waals surface area contributed by atoms with Crippen LogP contribution in [0, 0.1) is 22.6 Å². The quantitative estimate of drug-likeness (QED) is 0.624. The highest BCUT2D eigenvalue weighted by molar-refractivity contribution is 5.37. The molecule has 2 heteroatoms. The van der Waals surface area contributed by atoms with Gasteiger partial charge in [0.1, 0.15) is 11.9 Å². The van der Waals surface area contributed by atoms with Crippen molar-refractivity contribution < 1.29 is 4.39 Å². The van der Waals surface area contributed by atoms with Crippen LogP contribution in [-0.4, -0.2) is 0 Å². The van der Waals surface area contributed by atoms with Gasteiger partial charge in [-0.15, -0.1) is 0 Å². The number of nitrogens with zero attached hydrogens (tertiary/aromatic N) is 1. The highest BCUT2D eigenvalue weighted by atomic mass is 19.1. The second-order valence-electron chi connectivity index (χ2n) is 7.54. The van der Waals surface area contributed by atoms with Gasteiger partial charge in [-0.25, -0.2) is 4.39 Å². The van der Waals surface area contributed by atoms with Gasteiger partial charge in [-0.05, 0) is 73.5 Å². The summed E-state index contributed by atoms with van der Waals surface area (Å²) in [6, 6.07) is 7.22. The predicted molar refractivity (Wildman–Crippen MR) is 87.1 cm³/mol. The van der Waals surface area contributed by atoms with Gasteiger partial charge < -0.3 is 0 Å². The van der Waals surface area contributed by atoms with E-state index in [1.807, 2.05) is 12.1 Å². The third-order valence-electron chi connectivity index (χ3n) is 6.41. The van der Waals surface area contributed by atoms with Gasteiger partial charge in [0.05, 0.1) is 5.56 Å². The Morgan fingerprint density at radius 2 is 1.77 bits per heavy atom. The van der Waals surface area contributed by atoms with Crippen LogP contribution in [0.4, 0.5) is 4.39 Å². The van der Waals surface area contributed by atoms with Gasteiger partial charge in [0.25, 0.3) is 0 Å². The molecule has 3 aliphatic rings. The molecule has 22 heavy (non-hydrogen) atoms. The van der Waals surface area contributed by atoms with Crippen molar-refractivity contribution in [2.24, 2.45) is 5.41 Å². The molecule has 0 unspecified atom stereocenters. The van der Waals surface area contributed by atoms with Gasteiger partial charge in [0, 0.05) is 0 Å². The van der Waals surface area contributed by atoms with Crippen molar-refractivity contribution in [3.8, 4) is 6.07 Å². The maximum Gasteiger partial charge on any atom is 0.141 e. The van der Waals surface area contributed by atoms with Crippen LogP contribution in [0.25, 0.3) is 0 Å². The van der Waals surface area contributed by atoms with E-state index in [9.17, 15) is 4.39 Å². The fraction of sp³-hybridized carbons (Fsp3) is 0.650. The molecule has 0 spiro atoms. The first-order valence-electron chi connectivity index (χ1n) is 8.83. The maximum atomic E-state index is 14.0. The Labute approximate surface area is 133 Å². The van der Waals surface area contributed by atoms with Crippen molar-refractivity contribution in [1.82, 2.24) is 0 Å². The fourth-order valence-electron chi connectivity index (χ4n) is 4.76. The van der Waals surface area contributed by atoms with E-state index in [0.29, 0.717) is 5.41 Å². The zero-order valence-corrected chi connectivity index (χ0v) is 13.6. The monoisotopic (exact) mass is 299 g/mol. The molecular formula is C20H26FN. The van der Waals surface area contributed by atoms with Gasteiger partial charge >= 0.3 is 0 Å². The number of hydrogen-bond donors (Lipinski definition) is 0. The molecule has 3 aliphatic carbocycles. The Bertz CT molecular complexity index is 559. The van der Waals surface area contributed by atoms with Crippen LogP contribution in [0.1, 0.15) is 82.3 Å². The lowest BCUT2D eigenvalue weighted by Gasteiger charge is -2.54. The second kappa shape index (κ2) is 6.03. The SMILES string of the molecule is CCCCCC12CCC(c3ccc(C#N)c(F)c3)(CC1)CC2. The Kier molecular flexibility index (Phi) is 4.26. The van der Waals surface area contributed by atoms with Crippen LogP contribution < -0.4 is 0 Å². The van der Waals surface area contributed by atoms with E-state index in [1.54, 1.807) is 12.1 Å². The van der Waals surface area contributed by atoms with Gasteiger partial charge in [0.2, 0.25) is 0 Å². The van der Waals surface area contributed by atoms with Crippen molar-refractivity contribution in [2.75, 3.05) is 0 Å². The van der Waals surface area contributed by atoms with Gasteiger partial charge in [-0.2, -0.15) is 5.26 Å². The molecule has 0 amide bonds. The highest BCUT2D eigenvalue weighted by Gasteiger charge is 2.48. The Morgan fingerprint density at radius 1 is 1.09 bits per heavy atom. The van der Waals surface area contributed by atoms with Crippen molar-refractivity contribution >= 4 is 0 Å². The smallest absolute Gasteiger partial charge is 0.141 e. The van der Waals surface area contributed by atoms with E-state index >= 15 is 0 Å². The number of benzene rings is 1. The van der Waals surface area contributed by atoms with Crippen LogP contribution in [-0.2, 0) is 5.41 Å². The van der Waals surface area contributed by atoms with E-state index < -0.39 is 0 Å². The minimum Gasteiger partial charge on any atom is -0.206 e. The van der Waals surface area contributed by atoms with Crippen molar-refractivity contribution in [3.63, 3.8) is 0 Å². The van der Waals surface area contributed by atoms with E-state index in [-0.39, 0.29) is 16.8 Å². The van der Waals surface area contributed by atoms with Crippen LogP contribution in [0.5, 0.6) is 0 Å². The average Bonchev–Trinajstić information content (AvgIpc) is 2.57. The molecule has 4 rings (SSSR count). The summed E-state index contributed by atoms with van der Waals surface area (Å²) in [6.07, 6.45) is 12.9. The molecule has 2 bridgehead atoms. The Hall–Kier alpha value is -1.36. The lowest BCUT2D eigenvalue weighted by Crippen LogP contribution is -2.44. The number of hydrogen-bond acceptors (Lipinski definition) is 1. The number of rotatable bonds is 5. The topological polar surface area (TPSA) is 23.8 Å². The normalized spacial score (nSPS) is 30.2. The van der Waals surface area contributed by atoms with Gasteiger partial charge in [-0.1, -0.05) is 32.3 Å². The largest absolute Gasteiger partial charge is 0.206 e. The molecule has 118 valence electrons. The third kappa shape index (κ3) is 2.67. The zero-order valence-electron chi connectivity index (χ0n) is 13.6. The van der Waals surface area contributed by atoms with E-state index in [1.165, 1.54) is 64.2 Å². The fourth-order valence-corrected chi connectivity index (χ4v) is 4.76. The molecule has 3 saturated carbocycles. The first kappa shape index (κ1) is 15.5. The summed E-state index contributed by atoms with van der Waals surface area (Å²) in [4.78, 5) is 0.